The molecule has 0 fully saturated rings. The molecule has 0 aromatic rings. The molecule has 0 heterocycles. The van der Waals surface area contributed by atoms with E-state index >= 15 is 0 Å². The molecule has 0 saturated heterocycles. The molecule has 0 bridgehead atoms. The van der Waals surface area contributed by atoms with Gasteiger partial charge in [0.25, 0.3) is 0 Å². The highest BCUT2D eigenvalue weighted by Crippen LogP contribution is 2.32. The zero-order chi connectivity index (χ0) is 28.7. The molecule has 0 radical (unpaired) electrons. The van der Waals surface area contributed by atoms with Crippen LogP contribution in [0.3, 0.4) is 0 Å². The minimum Gasteiger partial charge on any atom is -0.489 e. The summed E-state index contributed by atoms with van der Waals surface area (Å²) in [5.74, 6) is -3.56. The van der Waals surface area contributed by atoms with Crippen molar-refractivity contribution in [3.8, 4) is 0 Å². The Labute approximate surface area is 220 Å². The van der Waals surface area contributed by atoms with Crippen LogP contribution >= 0.6 is 0 Å². The molecular weight excluding hydrogens is 502 g/mol. The SMILES string of the molecule is CCCC(O[N+](=O)OC(CCC)C1=C(C)C(=O)C(OC)=C(OC)C1=O)C1=C(C)C(=O)C(OC)=C(OC)C1=O. The Kier molecular flexibility index (Phi) is 10.4. The largest absolute Gasteiger partial charge is 0.489 e. The number of carbonyl (C=O) groups excluding carboxylic acids is 4. The van der Waals surface area contributed by atoms with E-state index in [1.165, 1.54) is 42.3 Å². The number of ether oxygens (including phenoxy) is 4. The first kappa shape index (κ1) is 30.3. The van der Waals surface area contributed by atoms with Crippen LogP contribution in [0.4, 0.5) is 0 Å². The topological polar surface area (TPSA) is 144 Å². The third kappa shape index (κ3) is 5.63. The van der Waals surface area contributed by atoms with E-state index in [4.69, 9.17) is 28.6 Å². The van der Waals surface area contributed by atoms with Gasteiger partial charge in [0.2, 0.25) is 58.4 Å². The summed E-state index contributed by atoms with van der Waals surface area (Å²) in [6, 6.07) is 0. The van der Waals surface area contributed by atoms with Crippen molar-refractivity contribution in [2.45, 2.75) is 65.6 Å². The summed E-state index contributed by atoms with van der Waals surface area (Å²) >= 11 is 0. The van der Waals surface area contributed by atoms with Crippen molar-refractivity contribution >= 4 is 23.1 Å². The van der Waals surface area contributed by atoms with E-state index < -0.39 is 35.3 Å². The smallest absolute Gasteiger partial charge is 0.478 e. The van der Waals surface area contributed by atoms with E-state index in [0.29, 0.717) is 12.8 Å². The maximum absolute atomic E-state index is 13.2. The molecule has 2 aliphatic carbocycles. The zero-order valence-corrected chi connectivity index (χ0v) is 22.9. The first-order valence-corrected chi connectivity index (χ1v) is 12.1. The Morgan fingerprint density at radius 2 is 0.868 bits per heavy atom. The van der Waals surface area contributed by atoms with Crippen LogP contribution in [0.25, 0.3) is 0 Å². The summed E-state index contributed by atoms with van der Waals surface area (Å²) in [5, 5.41) is -0.194. The quantitative estimate of drug-likeness (QED) is 0.239. The van der Waals surface area contributed by atoms with E-state index in [1.54, 1.807) is 13.8 Å². The number of ketones is 4. The zero-order valence-electron chi connectivity index (χ0n) is 22.9. The average Bonchev–Trinajstić information content (AvgIpc) is 2.88. The van der Waals surface area contributed by atoms with E-state index in [1.807, 2.05) is 0 Å². The number of allylic oxidation sites excluding steroid dienone is 4. The van der Waals surface area contributed by atoms with Crippen LogP contribution in [-0.4, -0.2) is 68.9 Å². The predicted octanol–water partition coefficient (Wildman–Crippen LogP) is 2.91. The highest BCUT2D eigenvalue weighted by Gasteiger charge is 2.44. The minimum atomic E-state index is -1.17. The normalized spacial score (nSPS) is 18.1. The highest BCUT2D eigenvalue weighted by molar-refractivity contribution is 6.24. The average molecular weight is 537 g/mol. The molecule has 0 amide bonds. The molecule has 0 N–H and O–H groups in total. The number of rotatable bonds is 14. The number of methoxy groups -OCH3 is 4. The Morgan fingerprint density at radius 1 is 0.579 bits per heavy atom. The van der Waals surface area contributed by atoms with Crippen LogP contribution in [0.1, 0.15) is 53.4 Å². The standard InChI is InChI=1S/C26H34NO11/c1-9-11-15(17-13(3)19(28)23(33-5)25(35-7)21(17)30)37-27(32)38-16(12-10-2)18-14(4)20(29)24(34-6)26(36-8)22(18)31/h15-16H,9-12H2,1-8H3/q+1. The lowest BCUT2D eigenvalue weighted by molar-refractivity contribution is -0.990. The van der Waals surface area contributed by atoms with E-state index in [-0.39, 0.29) is 63.3 Å². The van der Waals surface area contributed by atoms with Crippen molar-refractivity contribution in [3.63, 3.8) is 0 Å². The van der Waals surface area contributed by atoms with Gasteiger partial charge in [-0.3, -0.25) is 19.2 Å². The number of Topliss-reactive ketones (excluding diaryl/α,β-unsaturated/α-hetero) is 4. The van der Waals surface area contributed by atoms with Crippen LogP contribution < -0.4 is 0 Å². The van der Waals surface area contributed by atoms with Gasteiger partial charge in [-0.2, -0.15) is 9.68 Å². The molecule has 2 unspecified atom stereocenters. The number of nitrogens with zero attached hydrogens (tertiary/aromatic N) is 1. The van der Waals surface area contributed by atoms with Crippen LogP contribution in [0, 0.1) is 4.91 Å². The lowest BCUT2D eigenvalue weighted by Crippen LogP contribution is -2.37. The molecule has 0 aliphatic heterocycles. The first-order chi connectivity index (χ1) is 18.0. The van der Waals surface area contributed by atoms with Crippen LogP contribution in [-0.2, 0) is 47.8 Å². The maximum Gasteiger partial charge on any atom is 0.478 e. The summed E-state index contributed by atoms with van der Waals surface area (Å²) in [7, 11) is 4.93. The molecule has 38 heavy (non-hydrogen) atoms. The van der Waals surface area contributed by atoms with Crippen molar-refractivity contribution < 1.29 is 52.9 Å². The minimum absolute atomic E-state index is 0.0400. The van der Waals surface area contributed by atoms with Gasteiger partial charge in [0.1, 0.15) is 4.91 Å². The second kappa shape index (κ2) is 13.0. The molecule has 2 aliphatic rings. The van der Waals surface area contributed by atoms with Gasteiger partial charge in [-0.05, 0) is 26.7 Å². The van der Waals surface area contributed by atoms with Gasteiger partial charge < -0.3 is 18.9 Å². The fraction of sp³-hybridized carbons (Fsp3) is 0.538. The van der Waals surface area contributed by atoms with Crippen molar-refractivity contribution in [2.24, 2.45) is 0 Å². The van der Waals surface area contributed by atoms with Crippen LogP contribution in [0.5, 0.6) is 0 Å². The van der Waals surface area contributed by atoms with E-state index in [9.17, 15) is 24.1 Å². The molecule has 0 aromatic heterocycles. The first-order valence-electron chi connectivity index (χ1n) is 12.1. The Bertz CT molecular complexity index is 1070. The maximum atomic E-state index is 13.2. The van der Waals surface area contributed by atoms with E-state index in [0.717, 1.165) is 0 Å². The fourth-order valence-electron chi connectivity index (χ4n) is 4.36. The van der Waals surface area contributed by atoms with E-state index in [2.05, 4.69) is 0 Å². The third-order valence-corrected chi connectivity index (χ3v) is 6.20. The summed E-state index contributed by atoms with van der Waals surface area (Å²) in [6.45, 7) is 6.46. The Balaban J connectivity index is 2.41. The number of hydrogen-bond acceptors (Lipinski definition) is 11. The molecule has 0 aromatic carbocycles. The molecule has 12 heteroatoms. The summed E-state index contributed by atoms with van der Waals surface area (Å²) in [4.78, 5) is 75.8. The Morgan fingerprint density at radius 3 is 1.13 bits per heavy atom. The molecular formula is C26H34NO11+. The fourth-order valence-corrected chi connectivity index (χ4v) is 4.36. The molecule has 208 valence electrons. The molecule has 0 saturated carbocycles. The van der Waals surface area contributed by atoms with Crippen molar-refractivity contribution in [3.05, 3.63) is 50.2 Å². The summed E-state index contributed by atoms with van der Waals surface area (Å²) < 4.78 is 20.3. The predicted molar refractivity (Wildman–Crippen MR) is 131 cm³/mol. The van der Waals surface area contributed by atoms with Crippen LogP contribution in [0.15, 0.2) is 45.3 Å². The molecule has 12 nitrogen and oxygen atoms in total. The Hall–Kier alpha value is -3.96. The molecule has 2 atom stereocenters. The van der Waals surface area contributed by atoms with Crippen molar-refractivity contribution in [1.82, 2.24) is 0 Å². The lowest BCUT2D eigenvalue weighted by atomic mass is 9.88. The monoisotopic (exact) mass is 536 g/mol. The van der Waals surface area contributed by atoms with Gasteiger partial charge >= 0.3 is 5.09 Å². The van der Waals surface area contributed by atoms with Gasteiger partial charge in [-0.25, -0.2) is 0 Å². The molecule has 2 rings (SSSR count). The van der Waals surface area contributed by atoms with Gasteiger partial charge in [-0.1, -0.05) is 26.7 Å². The molecule has 0 spiro atoms. The summed E-state index contributed by atoms with van der Waals surface area (Å²) in [5.41, 5.74) is -0.0596. The number of hydrogen-bond donors (Lipinski definition) is 0. The van der Waals surface area contributed by atoms with Crippen LogP contribution in [0.2, 0.25) is 0 Å². The van der Waals surface area contributed by atoms with Gasteiger partial charge in [-0.15, -0.1) is 0 Å². The second-order valence-electron chi connectivity index (χ2n) is 8.52. The lowest BCUT2D eigenvalue weighted by Gasteiger charge is -2.24. The van der Waals surface area contributed by atoms with Crippen molar-refractivity contribution in [2.75, 3.05) is 28.4 Å². The van der Waals surface area contributed by atoms with Crippen molar-refractivity contribution in [1.29, 1.82) is 0 Å². The third-order valence-electron chi connectivity index (χ3n) is 6.20. The van der Waals surface area contributed by atoms with Gasteiger partial charge in [0.15, 0.2) is 0 Å². The van der Waals surface area contributed by atoms with Gasteiger partial charge in [0, 0.05) is 11.1 Å². The summed E-state index contributed by atoms with van der Waals surface area (Å²) in [6.07, 6.45) is -1.02. The van der Waals surface area contributed by atoms with Gasteiger partial charge in [0.05, 0.1) is 39.6 Å². The number of carbonyl (C=O) groups is 4. The highest BCUT2D eigenvalue weighted by atomic mass is 17.0. The second-order valence-corrected chi connectivity index (χ2v) is 8.52.